The lowest BCUT2D eigenvalue weighted by molar-refractivity contribution is -0.275. The van der Waals surface area contributed by atoms with Crippen LogP contribution in [-0.4, -0.2) is 98.5 Å². The molecule has 2 aliphatic rings. The van der Waals surface area contributed by atoms with Crippen molar-refractivity contribution in [3.63, 3.8) is 0 Å². The van der Waals surface area contributed by atoms with E-state index in [0.717, 1.165) is 48.7 Å². The number of likely N-dealkylation sites (tertiary alicyclic amines) is 2. The van der Waals surface area contributed by atoms with Gasteiger partial charge >= 0.3 is 12.7 Å². The first-order chi connectivity index (χ1) is 30.8. The predicted octanol–water partition coefficient (Wildman–Crippen LogP) is 10.6. The zero-order valence-corrected chi connectivity index (χ0v) is 38.8. The van der Waals surface area contributed by atoms with Gasteiger partial charge in [-0.1, -0.05) is 26.1 Å². The van der Waals surface area contributed by atoms with Crippen LogP contribution >= 0.6 is 35.7 Å². The summed E-state index contributed by atoms with van der Waals surface area (Å²) in [7, 11) is 0. The molecular formula is C46H50F6N6O4S3. The fourth-order valence-electron chi connectivity index (χ4n) is 7.50. The Bertz CT molecular complexity index is 2330. The van der Waals surface area contributed by atoms with Crippen molar-refractivity contribution in [3.8, 4) is 40.1 Å². The summed E-state index contributed by atoms with van der Waals surface area (Å²) in [5, 5.41) is 9.62. The summed E-state index contributed by atoms with van der Waals surface area (Å²) in [6.07, 6.45) is -5.69. The normalized spacial score (nSPS) is 14.8. The van der Waals surface area contributed by atoms with Crippen molar-refractivity contribution in [3.05, 3.63) is 94.3 Å². The number of thiocarbonyl (C=S) groups is 1. The molecule has 2 aliphatic heterocycles. The van der Waals surface area contributed by atoms with E-state index >= 15 is 0 Å². The monoisotopic (exact) mass is 960 g/mol. The molecule has 0 unspecified atom stereocenters. The lowest BCUT2D eigenvalue weighted by Crippen LogP contribution is -2.39. The summed E-state index contributed by atoms with van der Waals surface area (Å²) in [5.74, 6) is 4.69. The van der Waals surface area contributed by atoms with Gasteiger partial charge in [0.1, 0.15) is 22.6 Å². The number of ether oxygens (including phenoxy) is 2. The van der Waals surface area contributed by atoms with E-state index in [2.05, 4.69) is 39.4 Å². The van der Waals surface area contributed by atoms with E-state index in [1.807, 2.05) is 28.4 Å². The van der Waals surface area contributed by atoms with E-state index in [1.165, 1.54) is 54.6 Å². The molecule has 0 aliphatic carbocycles. The number of aromatic nitrogens is 2. The average molecular weight is 961 g/mol. The van der Waals surface area contributed by atoms with E-state index in [0.29, 0.717) is 88.6 Å². The van der Waals surface area contributed by atoms with Crippen LogP contribution in [0, 0.1) is 37.0 Å². The summed E-state index contributed by atoms with van der Waals surface area (Å²) >= 11 is 9.03. The van der Waals surface area contributed by atoms with Crippen molar-refractivity contribution in [1.29, 1.82) is 5.26 Å². The number of nitrogens with zero attached hydrogens (tertiary/aromatic N) is 5. The van der Waals surface area contributed by atoms with Crippen molar-refractivity contribution in [2.75, 3.05) is 49.2 Å². The van der Waals surface area contributed by atoms with Gasteiger partial charge in [0, 0.05) is 42.9 Å². The fraction of sp³-hybridized carbons (Fsp3) is 0.435. The Kier molecular flexibility index (Phi) is 17.9. The number of hydrogen-bond donors (Lipinski definition) is 1. The SMILES string of the molecule is CCSCC1CCN(C(=O)c2cc(C#N)c(-c3ccc(OC(F)(F)F)cc3)nc2C)CC1.CCSCC1CCN(C(=O)c2cc(C(N)=S)c(-c3ccc(OC(F)(F)F)cc3)nc2C)CC1. The number of aryl methyl sites for hydroxylation is 2. The molecule has 0 bridgehead atoms. The van der Waals surface area contributed by atoms with Crippen LogP contribution in [0.3, 0.4) is 0 Å². The smallest absolute Gasteiger partial charge is 0.406 e. The number of piperidine rings is 2. The van der Waals surface area contributed by atoms with Crippen LogP contribution in [0.15, 0.2) is 60.7 Å². The van der Waals surface area contributed by atoms with Gasteiger partial charge in [-0.25, -0.2) is 0 Å². The first-order valence-electron chi connectivity index (χ1n) is 21.0. The van der Waals surface area contributed by atoms with Gasteiger partial charge in [0.15, 0.2) is 0 Å². The molecule has 2 saturated heterocycles. The zero-order valence-electron chi connectivity index (χ0n) is 36.4. The minimum absolute atomic E-state index is 0.0532. The van der Waals surface area contributed by atoms with Gasteiger partial charge in [0.25, 0.3) is 11.8 Å². The molecule has 2 aromatic heterocycles. The Balaban J connectivity index is 0.000000244. The van der Waals surface area contributed by atoms with Crippen molar-refractivity contribution < 1.29 is 45.4 Å². The van der Waals surface area contributed by atoms with E-state index in [-0.39, 0.29) is 33.9 Å². The number of nitriles is 1. The Morgan fingerprint density at radius 1 is 0.708 bits per heavy atom. The molecule has 0 saturated carbocycles. The lowest BCUT2D eigenvalue weighted by atomic mass is 9.97. The number of alkyl halides is 6. The number of nitrogens with two attached hydrogens (primary N) is 1. The number of pyridine rings is 2. The number of rotatable bonds is 13. The fourth-order valence-corrected chi connectivity index (χ4v) is 9.46. The van der Waals surface area contributed by atoms with Gasteiger partial charge in [0.2, 0.25) is 0 Å². The molecule has 4 aromatic rings. The highest BCUT2D eigenvalue weighted by atomic mass is 32.2. The molecular weight excluding hydrogens is 911 g/mol. The molecule has 0 radical (unpaired) electrons. The number of carbonyl (C=O) groups is 2. The third-order valence-electron chi connectivity index (χ3n) is 10.9. The molecule has 0 spiro atoms. The van der Waals surface area contributed by atoms with Crippen molar-refractivity contribution in [2.45, 2.75) is 66.1 Å². The van der Waals surface area contributed by atoms with Gasteiger partial charge in [-0.05, 0) is 135 Å². The molecule has 4 heterocycles. The summed E-state index contributed by atoms with van der Waals surface area (Å²) in [6.45, 7) is 10.5. The first kappa shape index (κ1) is 50.9. The zero-order chi connectivity index (χ0) is 47.5. The maximum Gasteiger partial charge on any atom is 0.573 e. The second kappa shape index (κ2) is 22.9. The molecule has 65 heavy (non-hydrogen) atoms. The van der Waals surface area contributed by atoms with E-state index < -0.39 is 12.7 Å². The molecule has 0 atom stereocenters. The summed E-state index contributed by atoms with van der Waals surface area (Å²) in [5.41, 5.74) is 10.0. The van der Waals surface area contributed by atoms with E-state index in [4.69, 9.17) is 18.0 Å². The number of thioether (sulfide) groups is 2. The molecule has 10 nitrogen and oxygen atoms in total. The predicted molar refractivity (Wildman–Crippen MR) is 246 cm³/mol. The Hall–Kier alpha value is -5.06. The van der Waals surface area contributed by atoms with Crippen LogP contribution in [-0.2, 0) is 0 Å². The minimum atomic E-state index is -4.78. The van der Waals surface area contributed by atoms with Crippen LogP contribution in [0.5, 0.6) is 11.5 Å². The van der Waals surface area contributed by atoms with Gasteiger partial charge in [-0.3, -0.25) is 19.6 Å². The number of hydrogen-bond acceptors (Lipinski definition) is 10. The van der Waals surface area contributed by atoms with Crippen LogP contribution in [0.4, 0.5) is 26.3 Å². The summed E-state index contributed by atoms with van der Waals surface area (Å²) in [4.78, 5) is 39.0. The van der Waals surface area contributed by atoms with Crippen LogP contribution < -0.4 is 15.2 Å². The highest BCUT2D eigenvalue weighted by molar-refractivity contribution is 7.99. The van der Waals surface area contributed by atoms with Crippen molar-refractivity contribution in [1.82, 2.24) is 19.8 Å². The van der Waals surface area contributed by atoms with Crippen molar-refractivity contribution in [2.24, 2.45) is 17.6 Å². The van der Waals surface area contributed by atoms with Crippen LogP contribution in [0.1, 0.15) is 82.8 Å². The molecule has 2 N–H and O–H groups in total. The molecule has 19 heteroatoms. The number of benzene rings is 2. The van der Waals surface area contributed by atoms with Gasteiger partial charge in [-0.15, -0.1) is 26.3 Å². The maximum absolute atomic E-state index is 13.2. The Morgan fingerprint density at radius 3 is 1.46 bits per heavy atom. The van der Waals surface area contributed by atoms with Crippen molar-refractivity contribution >= 4 is 52.5 Å². The van der Waals surface area contributed by atoms with Gasteiger partial charge in [0.05, 0.1) is 39.5 Å². The second-order valence-corrected chi connectivity index (χ2v) is 18.5. The van der Waals surface area contributed by atoms with Gasteiger partial charge < -0.3 is 25.0 Å². The second-order valence-electron chi connectivity index (χ2n) is 15.4. The highest BCUT2D eigenvalue weighted by Gasteiger charge is 2.33. The quantitative estimate of drug-likeness (QED) is 0.101. The summed E-state index contributed by atoms with van der Waals surface area (Å²) in [6, 6.07) is 15.7. The Morgan fingerprint density at radius 2 is 1.09 bits per heavy atom. The van der Waals surface area contributed by atoms with E-state index in [9.17, 15) is 41.2 Å². The van der Waals surface area contributed by atoms with Crippen LogP contribution in [0.25, 0.3) is 22.5 Å². The minimum Gasteiger partial charge on any atom is -0.406 e. The van der Waals surface area contributed by atoms with Crippen LogP contribution in [0.2, 0.25) is 0 Å². The number of amides is 2. The standard InChI is InChI=1S/C23H26F3N3O2S2.C23H24F3N3O2S/c1-3-33-13-15-8-10-29(11-9-15)22(30)18-12-19(21(27)32)20(28-14(18)2)16-4-6-17(7-5-16)31-23(24,25)26;1-3-32-14-16-8-10-29(11-9-16)22(30)20-12-18(13-27)21(28-15(20)2)17-4-6-19(7-5-17)31-23(24,25)26/h4-7,12,15H,3,8-11,13H2,1-2H3,(H2,27,32);4-7,12,16H,3,8-11,14H2,1-2H3. The highest BCUT2D eigenvalue weighted by Crippen LogP contribution is 2.32. The third-order valence-corrected chi connectivity index (χ3v) is 13.4. The maximum atomic E-state index is 13.2. The molecule has 6 rings (SSSR count). The lowest BCUT2D eigenvalue weighted by Gasteiger charge is -2.32. The molecule has 2 fully saturated rings. The van der Waals surface area contributed by atoms with Gasteiger partial charge in [-0.2, -0.15) is 28.8 Å². The Labute approximate surface area is 388 Å². The molecule has 348 valence electrons. The average Bonchev–Trinajstić information content (AvgIpc) is 3.27. The third kappa shape index (κ3) is 14.5. The number of carbonyl (C=O) groups excluding carboxylic acids is 2. The van der Waals surface area contributed by atoms with E-state index in [1.54, 1.807) is 24.8 Å². The number of halogens is 6. The summed E-state index contributed by atoms with van der Waals surface area (Å²) < 4.78 is 82.2. The topological polar surface area (TPSA) is 135 Å². The molecule has 2 amide bonds. The molecule has 2 aromatic carbocycles. The first-order valence-corrected chi connectivity index (χ1v) is 23.7. The largest absolute Gasteiger partial charge is 0.573 e.